The van der Waals surface area contributed by atoms with Gasteiger partial charge in [-0.15, -0.1) is 5.10 Å². The Bertz CT molecular complexity index is 514. The van der Waals surface area contributed by atoms with Crippen molar-refractivity contribution in [3.05, 3.63) is 16.3 Å². The van der Waals surface area contributed by atoms with Gasteiger partial charge < -0.3 is 15.0 Å². The maximum absolute atomic E-state index is 12.2. The third-order valence-corrected chi connectivity index (χ3v) is 2.60. The molecule has 2 heterocycles. The molecule has 0 aliphatic carbocycles. The van der Waals surface area contributed by atoms with E-state index in [1.807, 2.05) is 0 Å². The van der Waals surface area contributed by atoms with Crippen LogP contribution in [-0.2, 0) is 4.79 Å². The fourth-order valence-corrected chi connectivity index (χ4v) is 1.81. The maximum Gasteiger partial charge on any atom is 0.410 e. The van der Waals surface area contributed by atoms with Crippen LogP contribution in [0.4, 0.5) is 19.0 Å². The van der Waals surface area contributed by atoms with Crippen LogP contribution in [-0.4, -0.2) is 50.0 Å². The number of hydrogen-bond donors (Lipinski definition) is 0. The number of likely N-dealkylation sites (tertiary alicyclic amines) is 1. The van der Waals surface area contributed by atoms with Gasteiger partial charge in [0, 0.05) is 13.0 Å². The van der Waals surface area contributed by atoms with Crippen molar-refractivity contribution in [2.24, 2.45) is 0 Å². The second kappa shape index (κ2) is 4.48. The molecular weight excluding hydrogens is 271 g/mol. The maximum atomic E-state index is 12.2. The number of nitrogens with zero attached hydrogens (tertiary/aromatic N) is 5. The van der Waals surface area contributed by atoms with E-state index in [9.17, 15) is 28.1 Å². The van der Waals surface area contributed by atoms with Gasteiger partial charge in [0.15, 0.2) is 12.2 Å². The normalized spacial score (nSPS) is 20.1. The number of nitro groups is 1. The number of carbonyl (C=O) groups excluding carboxylic acids is 1. The summed E-state index contributed by atoms with van der Waals surface area (Å²) in [7, 11) is 0. The molecule has 1 unspecified atom stereocenters. The van der Waals surface area contributed by atoms with Gasteiger partial charge in [0.2, 0.25) is 0 Å². The van der Waals surface area contributed by atoms with Crippen LogP contribution in [0.1, 0.15) is 12.5 Å². The zero-order chi connectivity index (χ0) is 14.2. The average molecular weight is 279 g/mol. The van der Waals surface area contributed by atoms with Crippen molar-refractivity contribution in [1.29, 1.82) is 0 Å². The van der Waals surface area contributed by atoms with Crippen LogP contribution in [0.3, 0.4) is 0 Å². The molecule has 104 valence electrons. The summed E-state index contributed by atoms with van der Waals surface area (Å²) < 4.78 is 36.6. The van der Waals surface area contributed by atoms with E-state index in [1.54, 1.807) is 0 Å². The molecule has 1 aromatic heterocycles. The van der Waals surface area contributed by atoms with Crippen LogP contribution in [0.15, 0.2) is 6.20 Å². The van der Waals surface area contributed by atoms with E-state index in [-0.39, 0.29) is 13.0 Å². The predicted molar refractivity (Wildman–Crippen MR) is 53.0 cm³/mol. The largest absolute Gasteiger partial charge is 0.410 e. The van der Waals surface area contributed by atoms with E-state index in [4.69, 9.17) is 0 Å². The summed E-state index contributed by atoms with van der Waals surface area (Å²) in [6, 6.07) is -1.02. The van der Waals surface area contributed by atoms with E-state index in [0.29, 0.717) is 4.90 Å². The lowest BCUT2D eigenvalue weighted by molar-refractivity contribution is -0.389. The Balaban J connectivity index is 2.10. The number of aromatic nitrogens is 3. The van der Waals surface area contributed by atoms with Crippen molar-refractivity contribution in [3.63, 3.8) is 0 Å². The van der Waals surface area contributed by atoms with Gasteiger partial charge >= 0.3 is 12.0 Å². The molecule has 1 atom stereocenters. The molecule has 1 amide bonds. The minimum Gasteiger partial charge on any atom is -0.358 e. The molecule has 0 bridgehead atoms. The highest BCUT2D eigenvalue weighted by molar-refractivity contribution is 5.82. The first kappa shape index (κ1) is 13.2. The molecule has 1 fully saturated rings. The van der Waals surface area contributed by atoms with Crippen molar-refractivity contribution in [1.82, 2.24) is 19.9 Å². The molecule has 0 spiro atoms. The highest BCUT2D eigenvalue weighted by atomic mass is 19.4. The Morgan fingerprint density at radius 1 is 1.53 bits per heavy atom. The molecule has 11 heteroatoms. The van der Waals surface area contributed by atoms with Crippen molar-refractivity contribution in [2.45, 2.75) is 18.6 Å². The summed E-state index contributed by atoms with van der Waals surface area (Å²) in [6.45, 7) is -1.43. The Morgan fingerprint density at radius 2 is 2.21 bits per heavy atom. The standard InChI is InChI=1S/C8H8F3N5O3/c9-8(10,11)4-14-2-1-5(7(14)17)15-12-3-6(13-15)16(18)19/h3,5H,1-2,4H2. The highest BCUT2D eigenvalue weighted by Gasteiger charge is 2.42. The van der Waals surface area contributed by atoms with Crippen LogP contribution in [0.5, 0.6) is 0 Å². The van der Waals surface area contributed by atoms with E-state index in [2.05, 4.69) is 10.2 Å². The van der Waals surface area contributed by atoms with Gasteiger partial charge in [-0.2, -0.15) is 13.2 Å². The lowest BCUT2D eigenvalue weighted by atomic mass is 10.3. The molecule has 2 rings (SSSR count). The summed E-state index contributed by atoms with van der Waals surface area (Å²) >= 11 is 0. The Kier molecular flexibility index (Phi) is 3.12. The summed E-state index contributed by atoms with van der Waals surface area (Å²) in [5.74, 6) is -1.34. The van der Waals surface area contributed by atoms with Crippen molar-refractivity contribution >= 4 is 11.7 Å². The molecule has 0 radical (unpaired) electrons. The predicted octanol–water partition coefficient (Wildman–Crippen LogP) is 0.522. The van der Waals surface area contributed by atoms with Crippen LogP contribution in [0.2, 0.25) is 0 Å². The zero-order valence-electron chi connectivity index (χ0n) is 9.37. The topological polar surface area (TPSA) is 94.2 Å². The summed E-state index contributed by atoms with van der Waals surface area (Å²) in [4.78, 5) is 22.8. The first-order valence-corrected chi connectivity index (χ1v) is 5.20. The number of rotatable bonds is 3. The molecule has 0 N–H and O–H groups in total. The van der Waals surface area contributed by atoms with Crippen molar-refractivity contribution in [2.75, 3.05) is 13.1 Å². The van der Waals surface area contributed by atoms with Gasteiger partial charge in [-0.05, 0) is 4.92 Å². The lowest BCUT2D eigenvalue weighted by Gasteiger charge is -2.17. The van der Waals surface area contributed by atoms with Gasteiger partial charge in [0.25, 0.3) is 5.91 Å². The SMILES string of the molecule is O=C1C(n2ncc([N+](=O)[O-])n2)CCN1CC(F)(F)F. The number of halogens is 3. The van der Waals surface area contributed by atoms with Crippen LogP contribution in [0, 0.1) is 10.1 Å². The molecule has 0 aromatic carbocycles. The minimum absolute atomic E-state index is 0.0841. The van der Waals surface area contributed by atoms with Crippen LogP contribution >= 0.6 is 0 Å². The zero-order valence-corrected chi connectivity index (χ0v) is 9.37. The molecule has 19 heavy (non-hydrogen) atoms. The number of alkyl halides is 3. The molecule has 1 aliphatic rings. The Labute approximate surface area is 103 Å². The Hall–Kier alpha value is -2.20. The van der Waals surface area contributed by atoms with Gasteiger partial charge in [0.1, 0.15) is 6.54 Å². The lowest BCUT2D eigenvalue weighted by Crippen LogP contribution is -2.37. The first-order valence-electron chi connectivity index (χ1n) is 5.20. The number of carbonyl (C=O) groups is 1. The molecule has 1 aliphatic heterocycles. The van der Waals surface area contributed by atoms with Crippen LogP contribution < -0.4 is 0 Å². The Morgan fingerprint density at radius 3 is 2.74 bits per heavy atom. The fourth-order valence-electron chi connectivity index (χ4n) is 1.81. The fraction of sp³-hybridized carbons (Fsp3) is 0.625. The highest BCUT2D eigenvalue weighted by Crippen LogP contribution is 2.26. The summed E-state index contributed by atoms with van der Waals surface area (Å²) in [5.41, 5.74) is 0. The average Bonchev–Trinajstić information content (AvgIpc) is 2.85. The van der Waals surface area contributed by atoms with Gasteiger partial charge in [-0.25, -0.2) is 0 Å². The second-order valence-electron chi connectivity index (χ2n) is 3.96. The smallest absolute Gasteiger partial charge is 0.358 e. The van der Waals surface area contributed by atoms with Gasteiger partial charge in [-0.1, -0.05) is 4.80 Å². The third-order valence-electron chi connectivity index (χ3n) is 2.60. The molecule has 1 aromatic rings. The van der Waals surface area contributed by atoms with E-state index in [1.165, 1.54) is 0 Å². The van der Waals surface area contributed by atoms with E-state index in [0.717, 1.165) is 11.0 Å². The summed E-state index contributed by atoms with van der Waals surface area (Å²) in [5, 5.41) is 17.4. The van der Waals surface area contributed by atoms with Gasteiger partial charge in [0.05, 0.1) is 5.10 Å². The van der Waals surface area contributed by atoms with E-state index >= 15 is 0 Å². The monoisotopic (exact) mass is 279 g/mol. The summed E-state index contributed by atoms with van der Waals surface area (Å²) in [6.07, 6.45) is -3.55. The van der Waals surface area contributed by atoms with Crippen LogP contribution in [0.25, 0.3) is 0 Å². The molecule has 0 saturated carbocycles. The molecule has 8 nitrogen and oxygen atoms in total. The minimum atomic E-state index is -4.48. The quantitative estimate of drug-likeness (QED) is 0.594. The van der Waals surface area contributed by atoms with Crippen molar-refractivity contribution in [3.8, 4) is 0 Å². The van der Waals surface area contributed by atoms with E-state index < -0.39 is 35.4 Å². The number of amides is 1. The van der Waals surface area contributed by atoms with Gasteiger partial charge in [-0.3, -0.25) is 4.79 Å². The third kappa shape index (κ3) is 2.80. The second-order valence-corrected chi connectivity index (χ2v) is 3.96. The number of hydrogen-bond acceptors (Lipinski definition) is 5. The molecular formula is C8H8F3N5O3. The van der Waals surface area contributed by atoms with Crippen molar-refractivity contribution < 1.29 is 22.9 Å². The first-order chi connectivity index (χ1) is 8.78. The molecule has 1 saturated heterocycles.